The van der Waals surface area contributed by atoms with Gasteiger partial charge in [-0.3, -0.25) is 4.79 Å². The van der Waals surface area contributed by atoms with Crippen molar-refractivity contribution in [1.82, 2.24) is 4.90 Å². The molecule has 126 valence electrons. The number of para-hydroxylation sites is 2. The molecule has 1 atom stereocenters. The Balaban J connectivity index is 1.74. The maximum atomic E-state index is 12.9. The van der Waals surface area contributed by atoms with Gasteiger partial charge in [0.2, 0.25) is 0 Å². The zero-order chi connectivity index (χ0) is 16.9. The number of hydrogen-bond acceptors (Lipinski definition) is 3. The van der Waals surface area contributed by atoms with E-state index in [9.17, 15) is 9.90 Å². The summed E-state index contributed by atoms with van der Waals surface area (Å²) in [5.74, 6) is 1.56. The maximum absolute atomic E-state index is 12.9. The molecule has 1 heterocycles. The maximum Gasteiger partial charge on any atom is 0.257 e. The SMILES string of the molecule is CC(O)C1CCN(C(=O)c2ccccc2Oc2ccccc2)CC1. The van der Waals surface area contributed by atoms with Crippen molar-refractivity contribution in [1.29, 1.82) is 0 Å². The first-order valence-corrected chi connectivity index (χ1v) is 8.44. The van der Waals surface area contributed by atoms with E-state index in [0.29, 0.717) is 30.2 Å². The Kier molecular flexibility index (Phi) is 5.16. The van der Waals surface area contributed by atoms with E-state index in [1.54, 1.807) is 6.07 Å². The third-order valence-corrected chi connectivity index (χ3v) is 4.60. The van der Waals surface area contributed by atoms with Crippen LogP contribution in [0.5, 0.6) is 11.5 Å². The van der Waals surface area contributed by atoms with Crippen molar-refractivity contribution >= 4 is 5.91 Å². The number of carbonyl (C=O) groups excluding carboxylic acids is 1. The van der Waals surface area contributed by atoms with Gasteiger partial charge in [-0.05, 0) is 49.9 Å². The first-order valence-electron chi connectivity index (χ1n) is 8.44. The summed E-state index contributed by atoms with van der Waals surface area (Å²) in [6, 6.07) is 16.8. The van der Waals surface area contributed by atoms with Gasteiger partial charge >= 0.3 is 0 Å². The molecule has 1 saturated heterocycles. The Hall–Kier alpha value is -2.33. The summed E-state index contributed by atoms with van der Waals surface area (Å²) in [6.07, 6.45) is 1.37. The third-order valence-electron chi connectivity index (χ3n) is 4.60. The van der Waals surface area contributed by atoms with Crippen LogP contribution in [0.3, 0.4) is 0 Å². The number of piperidine rings is 1. The van der Waals surface area contributed by atoms with Gasteiger partial charge < -0.3 is 14.7 Å². The van der Waals surface area contributed by atoms with Crippen molar-refractivity contribution in [2.75, 3.05) is 13.1 Å². The number of hydrogen-bond donors (Lipinski definition) is 1. The van der Waals surface area contributed by atoms with Crippen LogP contribution in [0, 0.1) is 5.92 Å². The number of nitrogens with zero attached hydrogens (tertiary/aromatic N) is 1. The summed E-state index contributed by atoms with van der Waals surface area (Å²) in [4.78, 5) is 14.7. The fourth-order valence-electron chi connectivity index (χ4n) is 3.10. The Morgan fingerprint density at radius 1 is 1.08 bits per heavy atom. The Labute approximate surface area is 142 Å². The van der Waals surface area contributed by atoms with Crippen molar-refractivity contribution in [3.05, 3.63) is 60.2 Å². The fourth-order valence-corrected chi connectivity index (χ4v) is 3.10. The van der Waals surface area contributed by atoms with Crippen LogP contribution in [-0.2, 0) is 0 Å². The van der Waals surface area contributed by atoms with E-state index in [1.807, 2.05) is 60.4 Å². The van der Waals surface area contributed by atoms with Gasteiger partial charge in [-0.25, -0.2) is 0 Å². The minimum atomic E-state index is -0.309. The number of carbonyl (C=O) groups is 1. The highest BCUT2D eigenvalue weighted by Gasteiger charge is 2.27. The van der Waals surface area contributed by atoms with Crippen molar-refractivity contribution < 1.29 is 14.6 Å². The molecule has 2 aromatic rings. The van der Waals surface area contributed by atoms with Crippen LogP contribution < -0.4 is 4.74 Å². The van der Waals surface area contributed by atoms with E-state index >= 15 is 0 Å². The highest BCUT2D eigenvalue weighted by atomic mass is 16.5. The molecule has 0 aliphatic carbocycles. The molecule has 1 amide bonds. The van der Waals surface area contributed by atoms with E-state index < -0.39 is 0 Å². The second-order valence-electron chi connectivity index (χ2n) is 6.28. The first-order chi connectivity index (χ1) is 11.6. The summed E-state index contributed by atoms with van der Waals surface area (Å²) < 4.78 is 5.89. The highest BCUT2D eigenvalue weighted by molar-refractivity contribution is 5.97. The molecular formula is C20H23NO3. The van der Waals surface area contributed by atoms with Crippen molar-refractivity contribution in [3.63, 3.8) is 0 Å². The number of likely N-dealkylation sites (tertiary alicyclic amines) is 1. The van der Waals surface area contributed by atoms with E-state index in [0.717, 1.165) is 12.8 Å². The molecule has 0 spiro atoms. The Bertz CT molecular complexity index is 676. The van der Waals surface area contributed by atoms with E-state index in [1.165, 1.54) is 0 Å². The minimum Gasteiger partial charge on any atom is -0.457 e. The lowest BCUT2D eigenvalue weighted by Crippen LogP contribution is -2.40. The van der Waals surface area contributed by atoms with Gasteiger partial charge in [-0.2, -0.15) is 0 Å². The number of aliphatic hydroxyl groups excluding tert-OH is 1. The van der Waals surface area contributed by atoms with Crippen LogP contribution in [-0.4, -0.2) is 35.1 Å². The molecule has 24 heavy (non-hydrogen) atoms. The quantitative estimate of drug-likeness (QED) is 0.932. The molecule has 1 aliphatic rings. The zero-order valence-corrected chi connectivity index (χ0v) is 13.9. The number of benzene rings is 2. The van der Waals surface area contributed by atoms with Gasteiger partial charge in [0.25, 0.3) is 5.91 Å². The molecule has 1 aliphatic heterocycles. The Morgan fingerprint density at radius 3 is 2.38 bits per heavy atom. The number of aliphatic hydroxyl groups is 1. The molecule has 1 N–H and O–H groups in total. The van der Waals surface area contributed by atoms with Crippen LogP contribution in [0.2, 0.25) is 0 Å². The number of amides is 1. The fraction of sp³-hybridized carbons (Fsp3) is 0.350. The number of rotatable bonds is 4. The summed E-state index contributed by atoms with van der Waals surface area (Å²) in [5, 5.41) is 9.70. The average molecular weight is 325 g/mol. The monoisotopic (exact) mass is 325 g/mol. The van der Waals surface area contributed by atoms with Gasteiger partial charge in [-0.15, -0.1) is 0 Å². The predicted molar refractivity (Wildman–Crippen MR) is 93.3 cm³/mol. The summed E-state index contributed by atoms with van der Waals surface area (Å²) in [7, 11) is 0. The van der Waals surface area contributed by atoms with Crippen LogP contribution in [0.1, 0.15) is 30.1 Å². The van der Waals surface area contributed by atoms with Gasteiger partial charge in [0.15, 0.2) is 0 Å². The molecule has 1 unspecified atom stereocenters. The molecule has 4 nitrogen and oxygen atoms in total. The molecule has 0 saturated carbocycles. The van der Waals surface area contributed by atoms with Gasteiger partial charge in [0.05, 0.1) is 11.7 Å². The summed E-state index contributed by atoms with van der Waals surface area (Å²) in [6.45, 7) is 3.17. The molecular weight excluding hydrogens is 302 g/mol. The van der Waals surface area contributed by atoms with Crippen molar-refractivity contribution in [3.8, 4) is 11.5 Å². The standard InChI is InChI=1S/C20H23NO3/c1-15(22)16-11-13-21(14-12-16)20(23)18-9-5-6-10-19(18)24-17-7-3-2-4-8-17/h2-10,15-16,22H,11-14H2,1H3. The lowest BCUT2D eigenvalue weighted by Gasteiger charge is -2.33. The van der Waals surface area contributed by atoms with E-state index in [2.05, 4.69) is 0 Å². The summed E-state index contributed by atoms with van der Waals surface area (Å²) in [5.41, 5.74) is 0.580. The second kappa shape index (κ2) is 7.49. The van der Waals surface area contributed by atoms with E-state index in [4.69, 9.17) is 4.74 Å². The van der Waals surface area contributed by atoms with Gasteiger partial charge in [0.1, 0.15) is 11.5 Å². The molecule has 4 heteroatoms. The normalized spacial score (nSPS) is 16.7. The molecule has 0 aromatic heterocycles. The van der Waals surface area contributed by atoms with Crippen LogP contribution in [0.4, 0.5) is 0 Å². The molecule has 0 bridgehead atoms. The lowest BCUT2D eigenvalue weighted by atomic mass is 9.92. The largest absolute Gasteiger partial charge is 0.457 e. The predicted octanol–water partition coefficient (Wildman–Crippen LogP) is 3.71. The molecule has 1 fully saturated rings. The topological polar surface area (TPSA) is 49.8 Å². The minimum absolute atomic E-state index is 0.00873. The molecule has 0 radical (unpaired) electrons. The van der Waals surface area contributed by atoms with E-state index in [-0.39, 0.29) is 17.9 Å². The Morgan fingerprint density at radius 2 is 1.71 bits per heavy atom. The van der Waals surface area contributed by atoms with Crippen LogP contribution >= 0.6 is 0 Å². The van der Waals surface area contributed by atoms with Crippen molar-refractivity contribution in [2.24, 2.45) is 5.92 Å². The van der Waals surface area contributed by atoms with Gasteiger partial charge in [0, 0.05) is 13.1 Å². The summed E-state index contributed by atoms with van der Waals surface area (Å²) >= 11 is 0. The second-order valence-corrected chi connectivity index (χ2v) is 6.28. The third kappa shape index (κ3) is 3.77. The zero-order valence-electron chi connectivity index (χ0n) is 13.9. The first kappa shape index (κ1) is 16.5. The van der Waals surface area contributed by atoms with Crippen LogP contribution in [0.25, 0.3) is 0 Å². The average Bonchev–Trinajstić information content (AvgIpc) is 2.62. The number of ether oxygens (including phenoxy) is 1. The lowest BCUT2D eigenvalue weighted by molar-refractivity contribution is 0.0519. The molecule has 2 aromatic carbocycles. The highest BCUT2D eigenvalue weighted by Crippen LogP contribution is 2.28. The van der Waals surface area contributed by atoms with Gasteiger partial charge in [-0.1, -0.05) is 30.3 Å². The smallest absolute Gasteiger partial charge is 0.257 e. The molecule has 3 rings (SSSR count). The van der Waals surface area contributed by atoms with Crippen LogP contribution in [0.15, 0.2) is 54.6 Å². The van der Waals surface area contributed by atoms with Crippen molar-refractivity contribution in [2.45, 2.75) is 25.9 Å².